The minimum Gasteiger partial charge on any atom is -0.491 e. The number of halogens is 1. The molecule has 1 aromatic carbocycles. The van der Waals surface area contributed by atoms with Crippen molar-refractivity contribution >= 4 is 11.6 Å². The molecule has 0 radical (unpaired) electrons. The van der Waals surface area contributed by atoms with Crippen molar-refractivity contribution in [3.8, 4) is 5.75 Å². The van der Waals surface area contributed by atoms with E-state index in [0.717, 1.165) is 12.2 Å². The Morgan fingerprint density at radius 3 is 2.67 bits per heavy atom. The predicted molar refractivity (Wildman–Crippen MR) is 62.9 cm³/mol. The van der Waals surface area contributed by atoms with Crippen LogP contribution in [0.1, 0.15) is 12.5 Å². The van der Waals surface area contributed by atoms with Gasteiger partial charge in [0.1, 0.15) is 12.4 Å². The third-order valence-corrected chi connectivity index (χ3v) is 2.21. The molecule has 2 nitrogen and oxygen atoms in total. The molecule has 0 bridgehead atoms. The summed E-state index contributed by atoms with van der Waals surface area (Å²) < 4.78 is 10.8. The fraction of sp³-hybridized carbons (Fsp3) is 0.500. The van der Waals surface area contributed by atoms with E-state index in [0.29, 0.717) is 25.7 Å². The highest BCUT2D eigenvalue weighted by molar-refractivity contribution is 6.17. The van der Waals surface area contributed by atoms with Gasteiger partial charge in [-0.15, -0.1) is 11.6 Å². The van der Waals surface area contributed by atoms with Crippen LogP contribution in [0.5, 0.6) is 5.75 Å². The first-order valence-corrected chi connectivity index (χ1v) is 5.76. The van der Waals surface area contributed by atoms with Gasteiger partial charge in [0.2, 0.25) is 0 Å². The molecule has 0 saturated carbocycles. The molecule has 3 heteroatoms. The summed E-state index contributed by atoms with van der Waals surface area (Å²) in [4.78, 5) is 0. The lowest BCUT2D eigenvalue weighted by atomic mass is 10.1. The van der Waals surface area contributed by atoms with Crippen molar-refractivity contribution in [2.24, 2.45) is 0 Å². The molecule has 0 aliphatic heterocycles. The van der Waals surface area contributed by atoms with Crippen LogP contribution in [0.25, 0.3) is 0 Å². The van der Waals surface area contributed by atoms with Crippen molar-refractivity contribution in [3.63, 3.8) is 0 Å². The summed E-state index contributed by atoms with van der Waals surface area (Å²) in [5, 5.41) is 0. The molecule has 0 amide bonds. The van der Waals surface area contributed by atoms with Crippen molar-refractivity contribution in [2.75, 3.05) is 25.7 Å². The fourth-order valence-electron chi connectivity index (χ4n) is 1.30. The first kappa shape index (κ1) is 12.3. The lowest BCUT2D eigenvalue weighted by Crippen LogP contribution is -2.08. The molecular formula is C12H17ClO2. The number of rotatable bonds is 7. The highest BCUT2D eigenvalue weighted by Gasteiger charge is 1.99. The lowest BCUT2D eigenvalue weighted by molar-refractivity contribution is 0.111. The van der Waals surface area contributed by atoms with Crippen LogP contribution in [-0.2, 0) is 11.2 Å². The number of aryl methyl sites for hydroxylation is 1. The monoisotopic (exact) mass is 228 g/mol. The highest BCUT2D eigenvalue weighted by Crippen LogP contribution is 2.17. The molecule has 0 atom stereocenters. The molecule has 15 heavy (non-hydrogen) atoms. The van der Waals surface area contributed by atoms with Crippen LogP contribution in [0.15, 0.2) is 24.3 Å². The molecule has 0 heterocycles. The maximum absolute atomic E-state index is 5.61. The predicted octanol–water partition coefficient (Wildman–Crippen LogP) is 2.88. The lowest BCUT2D eigenvalue weighted by Gasteiger charge is -2.09. The van der Waals surface area contributed by atoms with Gasteiger partial charge < -0.3 is 9.47 Å². The average Bonchev–Trinajstić information content (AvgIpc) is 2.29. The van der Waals surface area contributed by atoms with Crippen molar-refractivity contribution in [2.45, 2.75) is 13.3 Å². The zero-order chi connectivity index (χ0) is 10.9. The van der Waals surface area contributed by atoms with E-state index in [1.165, 1.54) is 5.56 Å². The highest BCUT2D eigenvalue weighted by atomic mass is 35.5. The Labute approximate surface area is 96.2 Å². The number of para-hydroxylation sites is 1. The quantitative estimate of drug-likeness (QED) is 0.528. The second kappa shape index (κ2) is 7.55. The summed E-state index contributed by atoms with van der Waals surface area (Å²) in [6.07, 6.45) is 0.985. The maximum atomic E-state index is 5.61. The minimum absolute atomic E-state index is 0.533. The van der Waals surface area contributed by atoms with Gasteiger partial charge in [0.25, 0.3) is 0 Å². The van der Waals surface area contributed by atoms with Crippen molar-refractivity contribution in [1.82, 2.24) is 0 Å². The number of hydrogen-bond donors (Lipinski definition) is 0. The number of ether oxygens (including phenoxy) is 2. The number of hydrogen-bond acceptors (Lipinski definition) is 2. The summed E-state index contributed by atoms with van der Waals surface area (Å²) >= 11 is 5.48. The SMILES string of the molecule is CCc1ccccc1OCCOCCCl. The van der Waals surface area contributed by atoms with Crippen molar-refractivity contribution in [3.05, 3.63) is 29.8 Å². The zero-order valence-electron chi connectivity index (χ0n) is 9.04. The molecule has 1 rings (SSSR count). The van der Waals surface area contributed by atoms with Crippen LogP contribution in [0.3, 0.4) is 0 Å². The summed E-state index contributed by atoms with van der Waals surface area (Å²) in [5.74, 6) is 1.49. The Balaban J connectivity index is 2.30. The Bertz CT molecular complexity index is 276. The van der Waals surface area contributed by atoms with E-state index in [2.05, 4.69) is 13.0 Å². The van der Waals surface area contributed by atoms with Crippen molar-refractivity contribution in [1.29, 1.82) is 0 Å². The first-order valence-electron chi connectivity index (χ1n) is 5.23. The standard InChI is InChI=1S/C12H17ClO2/c1-2-11-5-3-4-6-12(11)15-10-9-14-8-7-13/h3-6H,2,7-10H2,1H3. The Kier molecular flexibility index (Phi) is 6.21. The first-order chi connectivity index (χ1) is 7.38. The van der Waals surface area contributed by atoms with E-state index in [1.54, 1.807) is 0 Å². The molecule has 0 aromatic heterocycles. The fourth-order valence-corrected chi connectivity index (χ4v) is 1.41. The summed E-state index contributed by atoms with van der Waals surface area (Å²) in [5.41, 5.74) is 1.23. The van der Waals surface area contributed by atoms with Gasteiger partial charge in [-0.3, -0.25) is 0 Å². The van der Waals surface area contributed by atoms with Gasteiger partial charge >= 0.3 is 0 Å². The Morgan fingerprint density at radius 1 is 1.13 bits per heavy atom. The van der Waals surface area contributed by atoms with Crippen LogP contribution in [0, 0.1) is 0 Å². The Hall–Kier alpha value is -0.730. The van der Waals surface area contributed by atoms with E-state index in [9.17, 15) is 0 Å². The normalized spacial score (nSPS) is 10.3. The average molecular weight is 229 g/mol. The van der Waals surface area contributed by atoms with Gasteiger partial charge in [-0.05, 0) is 18.1 Å². The van der Waals surface area contributed by atoms with E-state index in [1.807, 2.05) is 18.2 Å². The summed E-state index contributed by atoms with van der Waals surface area (Å²) in [6, 6.07) is 8.07. The molecule has 0 aliphatic carbocycles. The van der Waals surface area contributed by atoms with Crippen LogP contribution < -0.4 is 4.74 Å². The molecule has 84 valence electrons. The molecule has 1 aromatic rings. The molecular weight excluding hydrogens is 212 g/mol. The summed E-state index contributed by atoms with van der Waals surface area (Å²) in [6.45, 7) is 3.87. The van der Waals surface area contributed by atoms with E-state index in [4.69, 9.17) is 21.1 Å². The van der Waals surface area contributed by atoms with E-state index < -0.39 is 0 Å². The third kappa shape index (κ3) is 4.54. The van der Waals surface area contributed by atoms with Crippen LogP contribution in [0.2, 0.25) is 0 Å². The van der Waals surface area contributed by atoms with Gasteiger partial charge in [-0.1, -0.05) is 25.1 Å². The molecule has 0 aliphatic rings. The van der Waals surface area contributed by atoms with Crippen LogP contribution in [0.4, 0.5) is 0 Å². The molecule has 0 unspecified atom stereocenters. The number of benzene rings is 1. The maximum Gasteiger partial charge on any atom is 0.122 e. The second-order valence-electron chi connectivity index (χ2n) is 3.11. The smallest absolute Gasteiger partial charge is 0.122 e. The molecule has 0 fully saturated rings. The van der Waals surface area contributed by atoms with E-state index >= 15 is 0 Å². The largest absolute Gasteiger partial charge is 0.491 e. The van der Waals surface area contributed by atoms with Gasteiger partial charge in [0.05, 0.1) is 13.2 Å². The minimum atomic E-state index is 0.533. The van der Waals surface area contributed by atoms with Gasteiger partial charge in [0, 0.05) is 5.88 Å². The van der Waals surface area contributed by atoms with Crippen LogP contribution >= 0.6 is 11.6 Å². The van der Waals surface area contributed by atoms with Gasteiger partial charge in [-0.25, -0.2) is 0 Å². The number of alkyl halides is 1. The van der Waals surface area contributed by atoms with Crippen LogP contribution in [-0.4, -0.2) is 25.7 Å². The molecule has 0 saturated heterocycles. The summed E-state index contributed by atoms with van der Waals surface area (Å²) in [7, 11) is 0. The Morgan fingerprint density at radius 2 is 1.93 bits per heavy atom. The van der Waals surface area contributed by atoms with Gasteiger partial charge in [-0.2, -0.15) is 0 Å². The van der Waals surface area contributed by atoms with E-state index in [-0.39, 0.29) is 0 Å². The molecule has 0 spiro atoms. The zero-order valence-corrected chi connectivity index (χ0v) is 9.80. The second-order valence-corrected chi connectivity index (χ2v) is 3.49. The van der Waals surface area contributed by atoms with Gasteiger partial charge in [0.15, 0.2) is 0 Å². The van der Waals surface area contributed by atoms with Crippen molar-refractivity contribution < 1.29 is 9.47 Å². The topological polar surface area (TPSA) is 18.5 Å². The molecule has 0 N–H and O–H groups in total. The third-order valence-electron chi connectivity index (χ3n) is 2.06.